The van der Waals surface area contributed by atoms with Gasteiger partial charge in [0.1, 0.15) is 0 Å². The first kappa shape index (κ1) is 13.5. The molecule has 1 saturated heterocycles. The molecule has 100 valence electrons. The molecule has 1 aromatic carbocycles. The van der Waals surface area contributed by atoms with Crippen molar-refractivity contribution >= 4 is 0 Å². The van der Waals surface area contributed by atoms with Crippen LogP contribution >= 0.6 is 0 Å². The molecule has 2 rings (SSSR count). The van der Waals surface area contributed by atoms with Gasteiger partial charge in [-0.2, -0.15) is 0 Å². The van der Waals surface area contributed by atoms with Crippen LogP contribution in [0.4, 0.5) is 0 Å². The van der Waals surface area contributed by atoms with Crippen molar-refractivity contribution in [1.29, 1.82) is 0 Å². The maximum atomic E-state index is 5.91. The molecular formula is C15H23NO2. The largest absolute Gasteiger partial charge is 0.379 e. The van der Waals surface area contributed by atoms with Gasteiger partial charge in [-0.15, -0.1) is 0 Å². The molecule has 3 heteroatoms. The van der Waals surface area contributed by atoms with Gasteiger partial charge in [0.2, 0.25) is 0 Å². The molecule has 0 spiro atoms. The van der Waals surface area contributed by atoms with Gasteiger partial charge in [-0.05, 0) is 38.4 Å². The molecule has 1 heterocycles. The highest BCUT2D eigenvalue weighted by Crippen LogP contribution is 2.20. The molecule has 2 atom stereocenters. The van der Waals surface area contributed by atoms with Gasteiger partial charge >= 0.3 is 0 Å². The summed E-state index contributed by atoms with van der Waals surface area (Å²) in [7, 11) is 1.98. The van der Waals surface area contributed by atoms with Crippen molar-refractivity contribution in [2.75, 3.05) is 26.9 Å². The first-order valence-electron chi connectivity index (χ1n) is 6.64. The minimum atomic E-state index is 0.256. The van der Waals surface area contributed by atoms with E-state index in [9.17, 15) is 0 Å². The Morgan fingerprint density at radius 3 is 2.89 bits per heavy atom. The van der Waals surface area contributed by atoms with E-state index in [0.29, 0.717) is 6.61 Å². The number of aryl methyl sites for hydroxylation is 2. The average molecular weight is 249 g/mol. The van der Waals surface area contributed by atoms with Crippen LogP contribution in [0.15, 0.2) is 18.2 Å². The normalized spacial score (nSPS) is 21.2. The third kappa shape index (κ3) is 3.31. The van der Waals surface area contributed by atoms with Crippen LogP contribution < -0.4 is 5.32 Å². The standard InChI is InChI=1S/C15H23NO2/c1-11-4-5-14(12(2)8-11)15(16-3)10-18-13-6-7-17-9-13/h4-5,8,13,15-16H,6-7,9-10H2,1-3H3. The lowest BCUT2D eigenvalue weighted by Gasteiger charge is -2.21. The van der Waals surface area contributed by atoms with Gasteiger partial charge in [-0.1, -0.05) is 23.8 Å². The topological polar surface area (TPSA) is 30.5 Å². The summed E-state index contributed by atoms with van der Waals surface area (Å²) in [6.45, 7) is 6.55. The summed E-state index contributed by atoms with van der Waals surface area (Å²) in [5.41, 5.74) is 3.94. The molecule has 0 amide bonds. The Morgan fingerprint density at radius 2 is 2.28 bits per heavy atom. The minimum Gasteiger partial charge on any atom is -0.379 e. The second-order valence-corrected chi connectivity index (χ2v) is 5.02. The Kier molecular flexibility index (Phi) is 4.75. The highest BCUT2D eigenvalue weighted by atomic mass is 16.5. The van der Waals surface area contributed by atoms with Crippen LogP contribution in [0.5, 0.6) is 0 Å². The third-order valence-electron chi connectivity index (χ3n) is 3.54. The van der Waals surface area contributed by atoms with Gasteiger partial charge < -0.3 is 14.8 Å². The molecule has 0 bridgehead atoms. The quantitative estimate of drug-likeness (QED) is 0.869. The summed E-state index contributed by atoms with van der Waals surface area (Å²) in [5, 5.41) is 3.34. The molecule has 18 heavy (non-hydrogen) atoms. The van der Waals surface area contributed by atoms with Crippen molar-refractivity contribution in [2.24, 2.45) is 0 Å². The highest BCUT2D eigenvalue weighted by molar-refractivity contribution is 5.32. The second kappa shape index (κ2) is 6.32. The Labute approximate surface area is 109 Å². The van der Waals surface area contributed by atoms with Crippen molar-refractivity contribution in [2.45, 2.75) is 32.4 Å². The van der Waals surface area contributed by atoms with E-state index >= 15 is 0 Å². The molecule has 0 aromatic heterocycles. The van der Waals surface area contributed by atoms with Gasteiger partial charge in [0.05, 0.1) is 25.4 Å². The zero-order valence-corrected chi connectivity index (χ0v) is 11.5. The fraction of sp³-hybridized carbons (Fsp3) is 0.600. The number of hydrogen-bond acceptors (Lipinski definition) is 3. The van der Waals surface area contributed by atoms with Gasteiger partial charge in [0.15, 0.2) is 0 Å². The van der Waals surface area contributed by atoms with E-state index in [-0.39, 0.29) is 12.1 Å². The maximum absolute atomic E-state index is 5.91. The smallest absolute Gasteiger partial charge is 0.0831 e. The number of benzene rings is 1. The molecule has 1 aliphatic heterocycles. The Balaban J connectivity index is 1.98. The van der Waals surface area contributed by atoms with Crippen LogP contribution in [-0.2, 0) is 9.47 Å². The summed E-state index contributed by atoms with van der Waals surface area (Å²) < 4.78 is 11.2. The molecule has 2 unspecified atom stereocenters. The van der Waals surface area contributed by atoms with Crippen LogP contribution in [0.1, 0.15) is 29.2 Å². The number of ether oxygens (including phenoxy) is 2. The van der Waals surface area contributed by atoms with Gasteiger partial charge in [-0.25, -0.2) is 0 Å². The first-order valence-corrected chi connectivity index (χ1v) is 6.64. The van der Waals surface area contributed by atoms with E-state index in [2.05, 4.69) is 37.4 Å². The van der Waals surface area contributed by atoms with E-state index < -0.39 is 0 Å². The van der Waals surface area contributed by atoms with Gasteiger partial charge in [0.25, 0.3) is 0 Å². The minimum absolute atomic E-state index is 0.256. The Hall–Kier alpha value is -0.900. The number of nitrogens with one attached hydrogen (secondary N) is 1. The predicted molar refractivity (Wildman–Crippen MR) is 72.9 cm³/mol. The Morgan fingerprint density at radius 1 is 1.44 bits per heavy atom. The van der Waals surface area contributed by atoms with Crippen molar-refractivity contribution in [3.8, 4) is 0 Å². The van der Waals surface area contributed by atoms with E-state index in [0.717, 1.165) is 19.6 Å². The van der Waals surface area contributed by atoms with Crippen molar-refractivity contribution in [3.05, 3.63) is 34.9 Å². The molecule has 0 radical (unpaired) electrons. The van der Waals surface area contributed by atoms with E-state index in [1.54, 1.807) is 0 Å². The lowest BCUT2D eigenvalue weighted by atomic mass is 10.00. The number of rotatable bonds is 5. The lowest BCUT2D eigenvalue weighted by Crippen LogP contribution is -2.26. The summed E-state index contributed by atoms with van der Waals surface area (Å²) in [6.07, 6.45) is 1.29. The SMILES string of the molecule is CNC(COC1CCOC1)c1ccc(C)cc1C. The summed E-state index contributed by atoms with van der Waals surface area (Å²) in [4.78, 5) is 0. The molecule has 0 saturated carbocycles. The van der Waals surface area contributed by atoms with Gasteiger partial charge in [-0.3, -0.25) is 0 Å². The number of hydrogen-bond donors (Lipinski definition) is 1. The number of likely N-dealkylation sites (N-methyl/N-ethyl adjacent to an activating group) is 1. The summed E-state index contributed by atoms with van der Waals surface area (Å²) in [6, 6.07) is 6.83. The first-order chi connectivity index (χ1) is 8.70. The van der Waals surface area contributed by atoms with Crippen LogP contribution in [0.2, 0.25) is 0 Å². The van der Waals surface area contributed by atoms with Crippen molar-refractivity contribution in [1.82, 2.24) is 5.32 Å². The second-order valence-electron chi connectivity index (χ2n) is 5.02. The Bertz CT molecular complexity index is 386. The lowest BCUT2D eigenvalue weighted by molar-refractivity contribution is 0.0307. The molecule has 1 aromatic rings. The van der Waals surface area contributed by atoms with E-state index in [4.69, 9.17) is 9.47 Å². The zero-order chi connectivity index (χ0) is 13.0. The molecule has 1 fully saturated rings. The maximum Gasteiger partial charge on any atom is 0.0831 e. The molecule has 1 N–H and O–H groups in total. The van der Waals surface area contributed by atoms with E-state index in [1.807, 2.05) is 7.05 Å². The predicted octanol–water partition coefficient (Wildman–Crippen LogP) is 2.37. The third-order valence-corrected chi connectivity index (χ3v) is 3.54. The van der Waals surface area contributed by atoms with Crippen LogP contribution in [0.25, 0.3) is 0 Å². The van der Waals surface area contributed by atoms with Crippen molar-refractivity contribution in [3.63, 3.8) is 0 Å². The average Bonchev–Trinajstić information content (AvgIpc) is 2.85. The van der Waals surface area contributed by atoms with Crippen LogP contribution in [0, 0.1) is 13.8 Å². The fourth-order valence-electron chi connectivity index (χ4n) is 2.42. The van der Waals surface area contributed by atoms with Crippen LogP contribution in [0.3, 0.4) is 0 Å². The molecule has 1 aliphatic rings. The zero-order valence-electron chi connectivity index (χ0n) is 11.5. The highest BCUT2D eigenvalue weighted by Gasteiger charge is 2.19. The van der Waals surface area contributed by atoms with E-state index in [1.165, 1.54) is 16.7 Å². The summed E-state index contributed by atoms with van der Waals surface area (Å²) >= 11 is 0. The van der Waals surface area contributed by atoms with Gasteiger partial charge in [0, 0.05) is 6.61 Å². The van der Waals surface area contributed by atoms with Crippen LogP contribution in [-0.4, -0.2) is 33.0 Å². The molecule has 3 nitrogen and oxygen atoms in total. The fourth-order valence-corrected chi connectivity index (χ4v) is 2.42. The summed E-state index contributed by atoms with van der Waals surface area (Å²) in [5.74, 6) is 0. The molecule has 0 aliphatic carbocycles. The monoisotopic (exact) mass is 249 g/mol. The molecular weight excluding hydrogens is 226 g/mol. The van der Waals surface area contributed by atoms with Crippen molar-refractivity contribution < 1.29 is 9.47 Å².